The largest absolute Gasteiger partial charge is 1.00 e. The standard InChI is InChI=1S/C11H11N3O2S.Na.H/c12-9-4-6-10(7-5-9)17(15,16)14-11-3-1-2-8-13-11;;/h1-8H,12H2,(H,13,14);;/q;+1;-1. The van der Waals surface area contributed by atoms with Gasteiger partial charge in [0.2, 0.25) is 0 Å². The van der Waals surface area contributed by atoms with Crippen LogP contribution in [0.15, 0.2) is 53.6 Å². The first kappa shape index (κ1) is 15.0. The van der Waals surface area contributed by atoms with Gasteiger partial charge >= 0.3 is 29.6 Å². The van der Waals surface area contributed by atoms with Crippen LogP contribution in [-0.2, 0) is 10.0 Å². The fraction of sp³-hybridized carbons (Fsp3) is 0. The van der Waals surface area contributed by atoms with Gasteiger partial charge in [-0.25, -0.2) is 13.4 Å². The summed E-state index contributed by atoms with van der Waals surface area (Å²) in [6.07, 6.45) is 1.51. The SMILES string of the molecule is Nc1ccc(S(=O)(=O)Nc2ccccn2)cc1.[H-].[Na+]. The average Bonchev–Trinajstić information content (AvgIpc) is 2.30. The summed E-state index contributed by atoms with van der Waals surface area (Å²) in [5.41, 5.74) is 6.01. The minimum atomic E-state index is -3.60. The van der Waals surface area contributed by atoms with E-state index >= 15 is 0 Å². The molecule has 5 nitrogen and oxygen atoms in total. The number of nitrogens with two attached hydrogens (primary N) is 1. The van der Waals surface area contributed by atoms with E-state index < -0.39 is 10.0 Å². The Bertz CT molecular complexity index is 606. The van der Waals surface area contributed by atoms with Gasteiger partial charge in [0.05, 0.1) is 4.90 Å². The Labute approximate surface area is 129 Å². The van der Waals surface area contributed by atoms with E-state index in [1.807, 2.05) is 0 Å². The van der Waals surface area contributed by atoms with Crippen LogP contribution in [0, 0.1) is 0 Å². The molecular weight excluding hydrogens is 261 g/mol. The molecule has 18 heavy (non-hydrogen) atoms. The van der Waals surface area contributed by atoms with E-state index in [9.17, 15) is 8.42 Å². The number of hydrogen-bond acceptors (Lipinski definition) is 4. The molecule has 2 rings (SSSR count). The van der Waals surface area contributed by atoms with Crippen LogP contribution in [0.4, 0.5) is 11.5 Å². The van der Waals surface area contributed by atoms with E-state index in [1.165, 1.54) is 30.5 Å². The third-order valence-corrected chi connectivity index (χ3v) is 3.46. The molecule has 90 valence electrons. The maximum Gasteiger partial charge on any atom is 1.00 e. The quantitative estimate of drug-likeness (QED) is 0.531. The van der Waals surface area contributed by atoms with E-state index in [0.717, 1.165) is 0 Å². The van der Waals surface area contributed by atoms with E-state index in [0.29, 0.717) is 5.69 Å². The fourth-order valence-electron chi connectivity index (χ4n) is 1.27. The molecule has 2 aromatic rings. The van der Waals surface area contributed by atoms with Crippen molar-refractivity contribution in [2.24, 2.45) is 0 Å². The fourth-order valence-corrected chi connectivity index (χ4v) is 2.28. The molecule has 0 aliphatic heterocycles. The van der Waals surface area contributed by atoms with Crippen LogP contribution in [0.5, 0.6) is 0 Å². The maximum atomic E-state index is 11.9. The number of nitrogens with one attached hydrogen (secondary N) is 1. The molecule has 0 atom stereocenters. The summed E-state index contributed by atoms with van der Waals surface area (Å²) >= 11 is 0. The molecule has 0 bridgehead atoms. The molecule has 0 radical (unpaired) electrons. The second-order valence-electron chi connectivity index (χ2n) is 3.39. The third kappa shape index (κ3) is 3.71. The maximum absolute atomic E-state index is 11.9. The Morgan fingerprint density at radius 1 is 1.11 bits per heavy atom. The molecule has 0 aliphatic carbocycles. The van der Waals surface area contributed by atoms with Crippen molar-refractivity contribution in [3.63, 3.8) is 0 Å². The number of rotatable bonds is 3. The first-order chi connectivity index (χ1) is 8.08. The first-order valence-electron chi connectivity index (χ1n) is 4.87. The number of nitrogens with zero attached hydrogens (tertiary/aromatic N) is 1. The Kier molecular flexibility index (Phi) is 5.15. The van der Waals surface area contributed by atoms with Crippen LogP contribution in [-0.4, -0.2) is 13.4 Å². The summed E-state index contributed by atoms with van der Waals surface area (Å²) in [7, 11) is -3.60. The molecule has 7 heteroatoms. The number of hydrogen-bond donors (Lipinski definition) is 2. The first-order valence-corrected chi connectivity index (χ1v) is 6.36. The molecule has 0 spiro atoms. The summed E-state index contributed by atoms with van der Waals surface area (Å²) in [5, 5.41) is 0. The molecule has 1 aromatic heterocycles. The van der Waals surface area contributed by atoms with E-state index in [4.69, 9.17) is 5.73 Å². The summed E-state index contributed by atoms with van der Waals surface area (Å²) in [5.74, 6) is 0.282. The number of anilines is 2. The van der Waals surface area contributed by atoms with Crippen LogP contribution < -0.4 is 40.0 Å². The van der Waals surface area contributed by atoms with E-state index in [1.54, 1.807) is 18.2 Å². The predicted molar refractivity (Wildman–Crippen MR) is 67.0 cm³/mol. The van der Waals surface area contributed by atoms with Crippen LogP contribution in [0.25, 0.3) is 0 Å². The summed E-state index contributed by atoms with van der Waals surface area (Å²) in [6, 6.07) is 10.9. The topological polar surface area (TPSA) is 85.1 Å². The zero-order chi connectivity index (χ0) is 12.3. The third-order valence-electron chi connectivity index (χ3n) is 2.09. The number of aromatic nitrogens is 1. The van der Waals surface area contributed by atoms with Crippen molar-refractivity contribution < 1.29 is 39.4 Å². The number of sulfonamides is 1. The van der Waals surface area contributed by atoms with Gasteiger partial charge in [-0.15, -0.1) is 0 Å². The molecule has 0 saturated heterocycles. The second kappa shape index (κ2) is 6.19. The van der Waals surface area contributed by atoms with Crippen molar-refractivity contribution in [3.05, 3.63) is 48.7 Å². The smallest absolute Gasteiger partial charge is 1.00 e. The minimum Gasteiger partial charge on any atom is -1.00 e. The van der Waals surface area contributed by atoms with Crippen LogP contribution >= 0.6 is 0 Å². The zero-order valence-electron chi connectivity index (χ0n) is 10.9. The second-order valence-corrected chi connectivity index (χ2v) is 5.07. The molecule has 0 saturated carbocycles. The van der Waals surface area contributed by atoms with E-state index in [2.05, 4.69) is 9.71 Å². The van der Waals surface area contributed by atoms with Gasteiger partial charge in [-0.05, 0) is 36.4 Å². The Hall–Kier alpha value is -1.08. The Morgan fingerprint density at radius 2 is 1.78 bits per heavy atom. The molecule has 0 amide bonds. The molecule has 1 heterocycles. The number of nitrogen functional groups attached to an aromatic ring is 1. The summed E-state index contributed by atoms with van der Waals surface area (Å²) in [4.78, 5) is 4.04. The van der Waals surface area contributed by atoms with Crippen molar-refractivity contribution >= 4 is 21.5 Å². The Balaban J connectivity index is 0.00000162. The van der Waals surface area contributed by atoms with Crippen molar-refractivity contribution in [1.29, 1.82) is 0 Å². The van der Waals surface area contributed by atoms with Gasteiger partial charge in [0.1, 0.15) is 5.82 Å². The van der Waals surface area contributed by atoms with Crippen molar-refractivity contribution in [2.75, 3.05) is 10.5 Å². The van der Waals surface area contributed by atoms with Crippen molar-refractivity contribution in [2.45, 2.75) is 4.90 Å². The summed E-state index contributed by atoms with van der Waals surface area (Å²) < 4.78 is 26.2. The molecule has 1 aromatic carbocycles. The van der Waals surface area contributed by atoms with Gasteiger partial charge < -0.3 is 7.16 Å². The van der Waals surface area contributed by atoms with Gasteiger partial charge in [0, 0.05) is 11.9 Å². The van der Waals surface area contributed by atoms with Crippen molar-refractivity contribution in [1.82, 2.24) is 4.98 Å². The Morgan fingerprint density at radius 3 is 2.33 bits per heavy atom. The van der Waals surface area contributed by atoms with Gasteiger partial charge in [0.25, 0.3) is 10.0 Å². The van der Waals surface area contributed by atoms with Gasteiger partial charge in [0.15, 0.2) is 0 Å². The van der Waals surface area contributed by atoms with Crippen LogP contribution in [0.1, 0.15) is 1.43 Å². The summed E-state index contributed by atoms with van der Waals surface area (Å²) in [6.45, 7) is 0. The van der Waals surface area contributed by atoms with E-state index in [-0.39, 0.29) is 41.7 Å². The van der Waals surface area contributed by atoms with Crippen LogP contribution in [0.3, 0.4) is 0 Å². The number of benzene rings is 1. The normalized spacial score (nSPS) is 10.4. The molecular formula is C11H12N3NaO2S. The van der Waals surface area contributed by atoms with Crippen LogP contribution in [0.2, 0.25) is 0 Å². The molecule has 0 aliphatic rings. The predicted octanol–water partition coefficient (Wildman–Crippen LogP) is -1.42. The molecule has 3 N–H and O–H groups in total. The van der Waals surface area contributed by atoms with Crippen molar-refractivity contribution in [3.8, 4) is 0 Å². The van der Waals surface area contributed by atoms with Gasteiger partial charge in [-0.1, -0.05) is 6.07 Å². The average molecular weight is 273 g/mol. The zero-order valence-corrected chi connectivity index (χ0v) is 12.7. The number of pyridine rings is 1. The monoisotopic (exact) mass is 273 g/mol. The molecule has 0 unspecified atom stereocenters. The molecule has 0 fully saturated rings. The van der Waals surface area contributed by atoms with Gasteiger partial charge in [-0.3, -0.25) is 4.72 Å². The van der Waals surface area contributed by atoms with Gasteiger partial charge in [-0.2, -0.15) is 0 Å². The minimum absolute atomic E-state index is 0.